The normalized spacial score (nSPS) is 33.1. The molecule has 3 heterocycles. The summed E-state index contributed by atoms with van der Waals surface area (Å²) in [6.45, 7) is 8.20. The summed E-state index contributed by atoms with van der Waals surface area (Å²) in [4.78, 5) is 27.9. The number of rotatable bonds is 2. The molecule has 0 aliphatic carbocycles. The topological polar surface area (TPSA) is 52.7 Å². The molecule has 3 fully saturated rings. The van der Waals surface area contributed by atoms with Gasteiger partial charge in [0.05, 0.1) is 6.54 Å². The molecule has 3 aliphatic heterocycles. The van der Waals surface area contributed by atoms with Crippen molar-refractivity contribution >= 4 is 11.8 Å². The molecule has 5 heteroatoms. The summed E-state index contributed by atoms with van der Waals surface area (Å²) in [5, 5.41) is 3.42. The smallest absolute Gasteiger partial charge is 0.242 e. The van der Waals surface area contributed by atoms with Gasteiger partial charge in [0.25, 0.3) is 0 Å². The van der Waals surface area contributed by atoms with Crippen LogP contribution in [0.4, 0.5) is 0 Å². The second-order valence-corrected chi connectivity index (χ2v) is 6.60. The number of amides is 2. The third-order valence-corrected chi connectivity index (χ3v) is 5.16. The molecule has 0 spiro atoms. The Labute approximate surface area is 114 Å². The van der Waals surface area contributed by atoms with Gasteiger partial charge in [0.1, 0.15) is 0 Å². The lowest BCUT2D eigenvalue weighted by Gasteiger charge is -2.36. The zero-order valence-corrected chi connectivity index (χ0v) is 11.8. The van der Waals surface area contributed by atoms with Gasteiger partial charge in [-0.15, -0.1) is 0 Å². The second kappa shape index (κ2) is 4.47. The van der Waals surface area contributed by atoms with E-state index in [0.29, 0.717) is 18.3 Å². The van der Waals surface area contributed by atoms with E-state index in [9.17, 15) is 9.59 Å². The van der Waals surface area contributed by atoms with Crippen LogP contribution in [0, 0.1) is 11.8 Å². The van der Waals surface area contributed by atoms with E-state index < -0.39 is 0 Å². The van der Waals surface area contributed by atoms with Gasteiger partial charge in [-0.2, -0.15) is 0 Å². The van der Waals surface area contributed by atoms with E-state index in [2.05, 4.69) is 19.2 Å². The zero-order valence-electron chi connectivity index (χ0n) is 11.8. The maximum absolute atomic E-state index is 12.5. The Kier molecular flexibility index (Phi) is 3.04. The maximum atomic E-state index is 12.5. The molecule has 3 aliphatic rings. The van der Waals surface area contributed by atoms with Crippen molar-refractivity contribution < 1.29 is 9.59 Å². The number of carbonyl (C=O) groups is 2. The van der Waals surface area contributed by atoms with Crippen LogP contribution in [-0.4, -0.2) is 59.9 Å². The van der Waals surface area contributed by atoms with Gasteiger partial charge in [-0.05, 0) is 32.1 Å². The van der Waals surface area contributed by atoms with Crippen molar-refractivity contribution in [2.75, 3.05) is 32.7 Å². The Hall–Kier alpha value is -1.10. The van der Waals surface area contributed by atoms with Gasteiger partial charge in [0, 0.05) is 38.1 Å². The minimum absolute atomic E-state index is 0.0893. The van der Waals surface area contributed by atoms with Gasteiger partial charge in [0.2, 0.25) is 11.8 Å². The number of nitrogens with one attached hydrogen (secondary N) is 1. The quantitative estimate of drug-likeness (QED) is 0.768. The summed E-state index contributed by atoms with van der Waals surface area (Å²) in [6.07, 6.45) is 1.50. The van der Waals surface area contributed by atoms with E-state index in [4.69, 9.17) is 0 Å². The SMILES string of the molecule is CC1(C)C2CNCC2CN1C(=O)CN1CCCC1=O. The van der Waals surface area contributed by atoms with Crippen LogP contribution >= 0.6 is 0 Å². The maximum Gasteiger partial charge on any atom is 0.242 e. The molecule has 19 heavy (non-hydrogen) atoms. The zero-order chi connectivity index (χ0) is 13.6. The summed E-state index contributed by atoms with van der Waals surface area (Å²) in [5.74, 6) is 1.38. The summed E-state index contributed by atoms with van der Waals surface area (Å²) in [7, 11) is 0. The largest absolute Gasteiger partial charge is 0.335 e. The van der Waals surface area contributed by atoms with Gasteiger partial charge in [-0.1, -0.05) is 0 Å². The molecular weight excluding hydrogens is 242 g/mol. The minimum atomic E-state index is -0.0893. The summed E-state index contributed by atoms with van der Waals surface area (Å²) in [5.41, 5.74) is -0.0893. The molecule has 2 unspecified atom stereocenters. The Morgan fingerprint density at radius 2 is 2.21 bits per heavy atom. The van der Waals surface area contributed by atoms with Crippen LogP contribution in [0.15, 0.2) is 0 Å². The molecule has 2 amide bonds. The first-order valence-corrected chi connectivity index (χ1v) is 7.29. The number of hydrogen-bond donors (Lipinski definition) is 1. The number of carbonyl (C=O) groups excluding carboxylic acids is 2. The number of fused-ring (bicyclic) bond motifs is 1. The van der Waals surface area contributed by atoms with E-state index in [1.165, 1.54) is 0 Å². The summed E-state index contributed by atoms with van der Waals surface area (Å²) >= 11 is 0. The highest BCUT2D eigenvalue weighted by molar-refractivity contribution is 5.86. The van der Waals surface area contributed by atoms with Crippen molar-refractivity contribution in [2.45, 2.75) is 32.2 Å². The van der Waals surface area contributed by atoms with Crippen LogP contribution in [0.3, 0.4) is 0 Å². The third kappa shape index (κ3) is 2.04. The Balaban J connectivity index is 1.68. The first kappa shape index (κ1) is 12.9. The number of likely N-dealkylation sites (tertiary alicyclic amines) is 2. The highest BCUT2D eigenvalue weighted by Crippen LogP contribution is 2.40. The summed E-state index contributed by atoms with van der Waals surface area (Å²) < 4.78 is 0. The van der Waals surface area contributed by atoms with Crippen LogP contribution in [0.2, 0.25) is 0 Å². The Morgan fingerprint density at radius 3 is 2.84 bits per heavy atom. The first-order chi connectivity index (χ1) is 9.00. The number of hydrogen-bond acceptors (Lipinski definition) is 3. The van der Waals surface area contributed by atoms with Gasteiger partial charge in [-0.3, -0.25) is 9.59 Å². The highest BCUT2D eigenvalue weighted by atomic mass is 16.2. The number of nitrogens with zero attached hydrogens (tertiary/aromatic N) is 2. The lowest BCUT2D eigenvalue weighted by Crippen LogP contribution is -2.51. The van der Waals surface area contributed by atoms with Crippen LogP contribution in [-0.2, 0) is 9.59 Å². The predicted octanol–water partition coefficient (Wildman–Crippen LogP) is 0.0652. The monoisotopic (exact) mass is 265 g/mol. The Bertz CT molecular complexity index is 407. The minimum Gasteiger partial charge on any atom is -0.335 e. The fourth-order valence-electron chi connectivity index (χ4n) is 3.96. The van der Waals surface area contributed by atoms with Crippen LogP contribution in [0.25, 0.3) is 0 Å². The molecule has 3 rings (SSSR count). The molecule has 2 atom stereocenters. The van der Waals surface area contributed by atoms with Crippen molar-refractivity contribution in [3.63, 3.8) is 0 Å². The fourth-order valence-corrected chi connectivity index (χ4v) is 3.96. The van der Waals surface area contributed by atoms with Crippen molar-refractivity contribution in [3.05, 3.63) is 0 Å². The molecule has 5 nitrogen and oxygen atoms in total. The first-order valence-electron chi connectivity index (χ1n) is 7.29. The second-order valence-electron chi connectivity index (χ2n) is 6.60. The van der Waals surface area contributed by atoms with E-state index in [0.717, 1.165) is 32.6 Å². The lowest BCUT2D eigenvalue weighted by molar-refractivity contribution is -0.141. The van der Waals surface area contributed by atoms with Crippen molar-refractivity contribution in [1.82, 2.24) is 15.1 Å². The Morgan fingerprint density at radius 1 is 1.42 bits per heavy atom. The fraction of sp³-hybridized carbons (Fsp3) is 0.857. The van der Waals surface area contributed by atoms with E-state index in [1.807, 2.05) is 4.90 Å². The van der Waals surface area contributed by atoms with Crippen molar-refractivity contribution in [3.8, 4) is 0 Å². The molecule has 3 saturated heterocycles. The van der Waals surface area contributed by atoms with Gasteiger partial charge >= 0.3 is 0 Å². The average molecular weight is 265 g/mol. The predicted molar refractivity (Wildman–Crippen MR) is 71.5 cm³/mol. The molecule has 0 aromatic rings. The van der Waals surface area contributed by atoms with E-state index in [-0.39, 0.29) is 23.9 Å². The van der Waals surface area contributed by atoms with Gasteiger partial charge in [-0.25, -0.2) is 0 Å². The van der Waals surface area contributed by atoms with Crippen LogP contribution in [0.5, 0.6) is 0 Å². The standard InChI is InChI=1S/C14H23N3O2/c1-14(2)11-7-15-6-10(11)8-17(14)13(19)9-16-5-3-4-12(16)18/h10-11,15H,3-9H2,1-2H3. The molecule has 0 aromatic carbocycles. The van der Waals surface area contributed by atoms with Crippen LogP contribution < -0.4 is 5.32 Å². The van der Waals surface area contributed by atoms with E-state index in [1.54, 1.807) is 4.90 Å². The van der Waals surface area contributed by atoms with Crippen molar-refractivity contribution in [1.29, 1.82) is 0 Å². The molecule has 1 N–H and O–H groups in total. The average Bonchev–Trinajstić information content (AvgIpc) is 3.00. The molecule has 0 aromatic heterocycles. The summed E-state index contributed by atoms with van der Waals surface area (Å²) in [6, 6.07) is 0. The highest BCUT2D eigenvalue weighted by Gasteiger charge is 2.51. The van der Waals surface area contributed by atoms with E-state index >= 15 is 0 Å². The van der Waals surface area contributed by atoms with Gasteiger partial charge < -0.3 is 15.1 Å². The molecule has 0 saturated carbocycles. The lowest BCUT2D eigenvalue weighted by atomic mass is 9.85. The van der Waals surface area contributed by atoms with Crippen molar-refractivity contribution in [2.24, 2.45) is 11.8 Å². The molecule has 0 radical (unpaired) electrons. The van der Waals surface area contributed by atoms with Crippen LogP contribution in [0.1, 0.15) is 26.7 Å². The molecule has 0 bridgehead atoms. The third-order valence-electron chi connectivity index (χ3n) is 5.16. The van der Waals surface area contributed by atoms with Gasteiger partial charge in [0.15, 0.2) is 0 Å². The molecule has 106 valence electrons. The molecular formula is C14H23N3O2.